The van der Waals surface area contributed by atoms with E-state index in [0.717, 1.165) is 18.8 Å². The minimum Gasteiger partial charge on any atom is -0.466 e. The van der Waals surface area contributed by atoms with Crippen LogP contribution in [0.3, 0.4) is 0 Å². The summed E-state index contributed by atoms with van der Waals surface area (Å²) in [7, 11) is 1.43. The first kappa shape index (κ1) is 16.3. The smallest absolute Gasteiger partial charge is 0.332 e. The van der Waals surface area contributed by atoms with Crippen molar-refractivity contribution in [1.82, 2.24) is 4.90 Å². The van der Waals surface area contributed by atoms with Crippen LogP contribution in [0.2, 0.25) is 0 Å². The van der Waals surface area contributed by atoms with Crippen molar-refractivity contribution in [2.45, 2.75) is 25.7 Å². The van der Waals surface area contributed by atoms with E-state index in [1.165, 1.54) is 25.5 Å². The molecular formula is C19H25NO2. The van der Waals surface area contributed by atoms with Gasteiger partial charge in [0.15, 0.2) is 0 Å². The minimum absolute atomic E-state index is 0.121. The monoisotopic (exact) mass is 299 g/mol. The summed E-state index contributed by atoms with van der Waals surface area (Å²) in [4.78, 5) is 14.2. The number of hydrogen-bond acceptors (Lipinski definition) is 3. The Bertz CT molecular complexity index is 530. The summed E-state index contributed by atoms with van der Waals surface area (Å²) in [6, 6.07) is 10.3. The standard InChI is InChI=1S/C19H25NO2/c1-4-15(2)19(16-10-6-5-7-11-16)17(14-18(21)22-3)20-12-8-9-13-20/h4-7,10-11,14-15,19H,1,8-9,12-13H2,2-3H3/b17-14+/t15-,19-/m1/s1. The number of methoxy groups -OCH3 is 1. The second kappa shape index (κ2) is 7.83. The van der Waals surface area contributed by atoms with Crippen LogP contribution in [-0.4, -0.2) is 31.1 Å². The number of rotatable bonds is 6. The maximum atomic E-state index is 11.9. The zero-order valence-corrected chi connectivity index (χ0v) is 13.5. The predicted molar refractivity (Wildman–Crippen MR) is 89.5 cm³/mol. The van der Waals surface area contributed by atoms with Gasteiger partial charge in [-0.3, -0.25) is 0 Å². The van der Waals surface area contributed by atoms with Gasteiger partial charge in [-0.05, 0) is 24.3 Å². The van der Waals surface area contributed by atoms with Crippen LogP contribution < -0.4 is 0 Å². The van der Waals surface area contributed by atoms with E-state index in [4.69, 9.17) is 4.74 Å². The van der Waals surface area contributed by atoms with E-state index in [-0.39, 0.29) is 17.8 Å². The van der Waals surface area contributed by atoms with Crippen LogP contribution in [0.25, 0.3) is 0 Å². The molecule has 0 spiro atoms. The van der Waals surface area contributed by atoms with Crippen molar-refractivity contribution in [2.75, 3.05) is 20.2 Å². The highest BCUT2D eigenvalue weighted by atomic mass is 16.5. The number of esters is 1. The molecule has 1 heterocycles. The van der Waals surface area contributed by atoms with Crippen molar-refractivity contribution in [3.8, 4) is 0 Å². The number of nitrogens with zero attached hydrogens (tertiary/aromatic N) is 1. The molecule has 1 aromatic carbocycles. The van der Waals surface area contributed by atoms with Crippen molar-refractivity contribution >= 4 is 5.97 Å². The lowest BCUT2D eigenvalue weighted by Crippen LogP contribution is -2.27. The Morgan fingerprint density at radius 1 is 1.27 bits per heavy atom. The Balaban J connectivity index is 2.45. The van der Waals surface area contributed by atoms with Crippen LogP contribution in [-0.2, 0) is 9.53 Å². The third-order valence-electron chi connectivity index (χ3n) is 4.31. The van der Waals surface area contributed by atoms with Gasteiger partial charge in [0.1, 0.15) is 0 Å². The first-order valence-electron chi connectivity index (χ1n) is 7.89. The molecule has 0 saturated carbocycles. The van der Waals surface area contributed by atoms with Crippen LogP contribution in [0.4, 0.5) is 0 Å². The summed E-state index contributed by atoms with van der Waals surface area (Å²) in [5.74, 6) is 0.0638. The Morgan fingerprint density at radius 3 is 2.45 bits per heavy atom. The van der Waals surface area contributed by atoms with Gasteiger partial charge in [0.25, 0.3) is 0 Å². The van der Waals surface area contributed by atoms with Crippen molar-refractivity contribution in [3.63, 3.8) is 0 Å². The second-order valence-corrected chi connectivity index (χ2v) is 5.77. The zero-order valence-electron chi connectivity index (χ0n) is 13.5. The number of likely N-dealkylation sites (tertiary alicyclic amines) is 1. The summed E-state index contributed by atoms with van der Waals surface area (Å²) in [6.45, 7) is 8.09. The van der Waals surface area contributed by atoms with Crippen molar-refractivity contribution in [2.24, 2.45) is 5.92 Å². The normalized spacial score (nSPS) is 17.9. The molecule has 0 radical (unpaired) electrons. The van der Waals surface area contributed by atoms with Gasteiger partial charge in [0.05, 0.1) is 7.11 Å². The molecule has 0 amide bonds. The summed E-state index contributed by atoms with van der Waals surface area (Å²) >= 11 is 0. The molecule has 2 rings (SSSR count). The molecule has 0 aromatic heterocycles. The SMILES string of the molecule is C=C[C@@H](C)[C@@H](/C(=C\C(=O)OC)N1CCCC1)c1ccccc1. The largest absolute Gasteiger partial charge is 0.466 e. The molecule has 1 saturated heterocycles. The molecule has 0 aliphatic carbocycles. The lowest BCUT2D eigenvalue weighted by molar-refractivity contribution is -0.135. The van der Waals surface area contributed by atoms with E-state index < -0.39 is 0 Å². The fourth-order valence-corrected chi connectivity index (χ4v) is 3.07. The molecule has 1 aromatic rings. The molecule has 0 bridgehead atoms. The molecular weight excluding hydrogens is 274 g/mol. The Kier molecular flexibility index (Phi) is 5.82. The Morgan fingerprint density at radius 2 is 1.91 bits per heavy atom. The highest BCUT2D eigenvalue weighted by molar-refractivity contribution is 5.82. The highest BCUT2D eigenvalue weighted by Crippen LogP contribution is 2.36. The first-order chi connectivity index (χ1) is 10.7. The van der Waals surface area contributed by atoms with Gasteiger partial charge >= 0.3 is 5.97 Å². The highest BCUT2D eigenvalue weighted by Gasteiger charge is 2.28. The topological polar surface area (TPSA) is 29.5 Å². The first-order valence-corrected chi connectivity index (χ1v) is 7.89. The third kappa shape index (κ3) is 3.79. The molecule has 2 atom stereocenters. The molecule has 3 nitrogen and oxygen atoms in total. The zero-order chi connectivity index (χ0) is 15.9. The summed E-state index contributed by atoms with van der Waals surface area (Å²) in [6.07, 6.45) is 5.95. The van der Waals surface area contributed by atoms with E-state index >= 15 is 0 Å². The average Bonchev–Trinajstić information content (AvgIpc) is 3.09. The van der Waals surface area contributed by atoms with Crippen LogP contribution in [0.15, 0.2) is 54.8 Å². The fourth-order valence-electron chi connectivity index (χ4n) is 3.07. The lowest BCUT2D eigenvalue weighted by Gasteiger charge is -2.32. The number of carbonyl (C=O) groups is 1. The number of hydrogen-bond donors (Lipinski definition) is 0. The van der Waals surface area contributed by atoms with Gasteiger partial charge in [-0.2, -0.15) is 0 Å². The van der Waals surface area contributed by atoms with Gasteiger partial charge in [0, 0.05) is 30.8 Å². The van der Waals surface area contributed by atoms with Crippen molar-refractivity contribution in [3.05, 3.63) is 60.3 Å². The molecule has 1 aliphatic rings. The molecule has 0 N–H and O–H groups in total. The maximum Gasteiger partial charge on any atom is 0.332 e. The van der Waals surface area contributed by atoms with E-state index in [0.29, 0.717) is 0 Å². The quantitative estimate of drug-likeness (QED) is 0.455. The molecule has 0 unspecified atom stereocenters. The Hall–Kier alpha value is -2.03. The molecule has 1 fully saturated rings. The van der Waals surface area contributed by atoms with E-state index in [1.807, 2.05) is 24.3 Å². The molecule has 118 valence electrons. The van der Waals surface area contributed by atoms with Gasteiger partial charge < -0.3 is 9.64 Å². The summed E-state index contributed by atoms with van der Waals surface area (Å²) in [5.41, 5.74) is 2.25. The Labute approximate surface area is 133 Å². The minimum atomic E-state index is -0.293. The summed E-state index contributed by atoms with van der Waals surface area (Å²) in [5, 5.41) is 0. The number of benzene rings is 1. The number of allylic oxidation sites excluding steroid dienone is 2. The number of carbonyl (C=O) groups excluding carboxylic acids is 1. The van der Waals surface area contributed by atoms with Crippen LogP contribution >= 0.6 is 0 Å². The van der Waals surface area contributed by atoms with Gasteiger partial charge in [-0.25, -0.2) is 4.79 Å². The van der Waals surface area contributed by atoms with Crippen molar-refractivity contribution < 1.29 is 9.53 Å². The van der Waals surface area contributed by atoms with Crippen LogP contribution in [0, 0.1) is 5.92 Å². The number of ether oxygens (including phenoxy) is 1. The molecule has 3 heteroatoms. The fraction of sp³-hybridized carbons (Fsp3) is 0.421. The van der Waals surface area contributed by atoms with Crippen LogP contribution in [0.1, 0.15) is 31.2 Å². The lowest BCUT2D eigenvalue weighted by atomic mass is 9.83. The van der Waals surface area contributed by atoms with Gasteiger partial charge in [-0.1, -0.05) is 43.3 Å². The predicted octanol–water partition coefficient (Wildman–Crippen LogP) is 3.75. The third-order valence-corrected chi connectivity index (χ3v) is 4.31. The van der Waals surface area contributed by atoms with E-state index in [9.17, 15) is 4.79 Å². The van der Waals surface area contributed by atoms with Gasteiger partial charge in [0.2, 0.25) is 0 Å². The van der Waals surface area contributed by atoms with Crippen LogP contribution in [0.5, 0.6) is 0 Å². The summed E-state index contributed by atoms with van der Waals surface area (Å²) < 4.78 is 4.87. The van der Waals surface area contributed by atoms with E-state index in [1.54, 1.807) is 6.08 Å². The second-order valence-electron chi connectivity index (χ2n) is 5.77. The van der Waals surface area contributed by atoms with Crippen molar-refractivity contribution in [1.29, 1.82) is 0 Å². The van der Waals surface area contributed by atoms with E-state index in [2.05, 4.69) is 30.5 Å². The molecule has 1 aliphatic heterocycles. The van der Waals surface area contributed by atoms with Gasteiger partial charge in [-0.15, -0.1) is 6.58 Å². The molecule has 22 heavy (non-hydrogen) atoms. The average molecular weight is 299 g/mol. The maximum absolute atomic E-state index is 11.9.